The van der Waals surface area contributed by atoms with Crippen molar-refractivity contribution < 1.29 is 4.39 Å². The van der Waals surface area contributed by atoms with Crippen molar-refractivity contribution in [2.45, 2.75) is 32.7 Å². The third kappa shape index (κ3) is 4.90. The van der Waals surface area contributed by atoms with Crippen LogP contribution in [0.25, 0.3) is 22.5 Å². The zero-order valence-corrected chi connectivity index (χ0v) is 17.6. The lowest BCUT2D eigenvalue weighted by Crippen LogP contribution is -2.05. The van der Waals surface area contributed by atoms with Gasteiger partial charge in [0, 0.05) is 36.5 Å². The van der Waals surface area contributed by atoms with Crippen LogP contribution in [0.1, 0.15) is 31.2 Å². The number of hydrogen-bond acceptors (Lipinski definition) is 2. The fraction of sp³-hybridized carbons (Fsp3) is 0.185. The minimum absolute atomic E-state index is 0.262. The highest BCUT2D eigenvalue weighted by molar-refractivity contribution is 5.79. The zero-order valence-electron chi connectivity index (χ0n) is 17.6. The third-order valence-electron chi connectivity index (χ3n) is 5.11. The summed E-state index contributed by atoms with van der Waals surface area (Å²) in [5, 5.41) is 0. The summed E-state index contributed by atoms with van der Waals surface area (Å²) >= 11 is 0. The molecule has 0 bridgehead atoms. The van der Waals surface area contributed by atoms with Crippen LogP contribution in [0.2, 0.25) is 0 Å². The molecule has 0 aliphatic carbocycles. The number of aryl methyl sites for hydroxylation is 1. The molecule has 4 heteroatoms. The number of rotatable bonds is 6. The second-order valence-electron chi connectivity index (χ2n) is 7.27. The van der Waals surface area contributed by atoms with Gasteiger partial charge in [-0.25, -0.2) is 9.37 Å². The first kappa shape index (κ1) is 20.6. The standard InChI is InChI=1S/C27H24FN3/c1-2-3-11-25-30-26(22-12-14-24(28)15-13-22)27(23-16-18-29-19-17-23)31(25)20-7-10-21-8-5-4-6-9-21/h4-6,8-9,12-19H,2,7,10,20H2,1H3. The minimum atomic E-state index is -0.262. The van der Waals surface area contributed by atoms with Gasteiger partial charge in [0.05, 0.1) is 11.4 Å². The lowest BCUT2D eigenvalue weighted by molar-refractivity contribution is 0.628. The van der Waals surface area contributed by atoms with E-state index in [0.717, 1.165) is 54.1 Å². The maximum Gasteiger partial charge on any atom is 0.186 e. The molecule has 0 N–H and O–H groups in total. The number of benzene rings is 2. The molecular weight excluding hydrogens is 385 g/mol. The lowest BCUT2D eigenvalue weighted by atomic mass is 10.1. The Hall–Kier alpha value is -3.71. The molecule has 0 saturated heterocycles. The molecule has 0 spiro atoms. The van der Waals surface area contributed by atoms with Crippen LogP contribution in [0.5, 0.6) is 0 Å². The fourth-order valence-electron chi connectivity index (χ4n) is 3.63. The molecule has 3 nitrogen and oxygen atoms in total. The molecule has 4 rings (SSSR count). The van der Waals surface area contributed by atoms with Gasteiger partial charge in [-0.1, -0.05) is 43.2 Å². The summed E-state index contributed by atoms with van der Waals surface area (Å²) in [5.41, 5.74) is 5.00. The molecular formula is C27H24FN3. The summed E-state index contributed by atoms with van der Waals surface area (Å²) < 4.78 is 15.7. The van der Waals surface area contributed by atoms with Crippen LogP contribution in [0.3, 0.4) is 0 Å². The van der Waals surface area contributed by atoms with Crippen LogP contribution in [-0.2, 0) is 13.0 Å². The highest BCUT2D eigenvalue weighted by Gasteiger charge is 2.19. The van der Waals surface area contributed by atoms with Gasteiger partial charge < -0.3 is 4.57 Å². The predicted molar refractivity (Wildman–Crippen MR) is 123 cm³/mol. The van der Waals surface area contributed by atoms with E-state index in [-0.39, 0.29) is 5.82 Å². The first-order valence-corrected chi connectivity index (χ1v) is 10.6. The predicted octanol–water partition coefficient (Wildman–Crippen LogP) is 6.15. The molecule has 0 radical (unpaired) electrons. The van der Waals surface area contributed by atoms with E-state index in [4.69, 9.17) is 4.98 Å². The van der Waals surface area contributed by atoms with Gasteiger partial charge in [-0.15, -0.1) is 0 Å². The van der Waals surface area contributed by atoms with E-state index < -0.39 is 0 Å². The Kier molecular flexibility index (Phi) is 6.54. The van der Waals surface area contributed by atoms with Crippen molar-refractivity contribution in [1.82, 2.24) is 14.5 Å². The van der Waals surface area contributed by atoms with E-state index in [0.29, 0.717) is 0 Å². The van der Waals surface area contributed by atoms with Gasteiger partial charge in [-0.05, 0) is 60.7 Å². The van der Waals surface area contributed by atoms with Crippen LogP contribution < -0.4 is 0 Å². The molecule has 0 aliphatic rings. The number of pyridine rings is 1. The smallest absolute Gasteiger partial charge is 0.186 e. The van der Waals surface area contributed by atoms with Crippen molar-refractivity contribution in [2.24, 2.45) is 0 Å². The van der Waals surface area contributed by atoms with E-state index in [1.165, 1.54) is 17.7 Å². The fourth-order valence-corrected chi connectivity index (χ4v) is 3.63. The Bertz CT molecular complexity index is 1180. The van der Waals surface area contributed by atoms with Gasteiger partial charge in [0.25, 0.3) is 0 Å². The van der Waals surface area contributed by atoms with E-state index in [9.17, 15) is 4.39 Å². The van der Waals surface area contributed by atoms with Crippen LogP contribution in [0, 0.1) is 17.7 Å². The molecule has 2 aromatic carbocycles. The first-order valence-electron chi connectivity index (χ1n) is 10.6. The van der Waals surface area contributed by atoms with Gasteiger partial charge in [0.2, 0.25) is 0 Å². The van der Waals surface area contributed by atoms with Crippen LogP contribution >= 0.6 is 0 Å². The number of aromatic nitrogens is 3. The summed E-state index contributed by atoms with van der Waals surface area (Å²) in [6.45, 7) is 2.81. The van der Waals surface area contributed by atoms with Crippen molar-refractivity contribution in [3.8, 4) is 34.4 Å². The van der Waals surface area contributed by atoms with E-state index in [1.807, 2.05) is 25.1 Å². The Morgan fingerprint density at radius 2 is 1.65 bits per heavy atom. The third-order valence-corrected chi connectivity index (χ3v) is 5.11. The second kappa shape index (κ2) is 9.86. The maximum atomic E-state index is 13.5. The number of nitrogens with zero attached hydrogens (tertiary/aromatic N) is 3. The zero-order chi connectivity index (χ0) is 21.5. The van der Waals surface area contributed by atoms with Crippen molar-refractivity contribution in [2.75, 3.05) is 0 Å². The molecule has 0 amide bonds. The number of halogens is 1. The van der Waals surface area contributed by atoms with E-state index in [2.05, 4.69) is 45.7 Å². The number of imidazole rings is 1. The van der Waals surface area contributed by atoms with Crippen LogP contribution in [0.4, 0.5) is 4.39 Å². The van der Waals surface area contributed by atoms with Crippen molar-refractivity contribution in [1.29, 1.82) is 0 Å². The summed E-state index contributed by atoms with van der Waals surface area (Å²) in [7, 11) is 0. The van der Waals surface area contributed by atoms with Crippen molar-refractivity contribution in [3.63, 3.8) is 0 Å². The van der Waals surface area contributed by atoms with Crippen molar-refractivity contribution >= 4 is 0 Å². The highest BCUT2D eigenvalue weighted by Crippen LogP contribution is 2.33. The van der Waals surface area contributed by atoms with E-state index >= 15 is 0 Å². The summed E-state index contributed by atoms with van der Waals surface area (Å²) in [4.78, 5) is 9.06. The topological polar surface area (TPSA) is 30.7 Å². The summed E-state index contributed by atoms with van der Waals surface area (Å²) in [6, 6.07) is 20.9. The molecule has 4 aromatic rings. The Balaban J connectivity index is 1.79. The Morgan fingerprint density at radius 3 is 2.35 bits per heavy atom. The molecule has 0 atom stereocenters. The summed E-state index contributed by atoms with van der Waals surface area (Å²) in [5.74, 6) is 6.87. The van der Waals surface area contributed by atoms with Gasteiger partial charge in [-0.2, -0.15) is 0 Å². The average molecular weight is 410 g/mol. The van der Waals surface area contributed by atoms with Crippen LogP contribution in [-0.4, -0.2) is 14.5 Å². The quantitative estimate of drug-likeness (QED) is 0.358. The Labute approximate surface area is 182 Å². The molecule has 0 unspecified atom stereocenters. The Morgan fingerprint density at radius 1 is 0.903 bits per heavy atom. The molecule has 2 aromatic heterocycles. The summed E-state index contributed by atoms with van der Waals surface area (Å²) in [6.07, 6.45) is 6.25. The molecule has 2 heterocycles. The largest absolute Gasteiger partial charge is 0.317 e. The monoisotopic (exact) mass is 409 g/mol. The number of hydrogen-bond donors (Lipinski definition) is 0. The lowest BCUT2D eigenvalue weighted by Gasteiger charge is -2.12. The highest BCUT2D eigenvalue weighted by atomic mass is 19.1. The van der Waals surface area contributed by atoms with E-state index in [1.54, 1.807) is 24.5 Å². The van der Waals surface area contributed by atoms with Crippen molar-refractivity contribution in [3.05, 3.63) is 96.3 Å². The van der Waals surface area contributed by atoms with Gasteiger partial charge >= 0.3 is 0 Å². The molecule has 0 fully saturated rings. The van der Waals surface area contributed by atoms with Gasteiger partial charge in [-0.3, -0.25) is 4.98 Å². The second-order valence-corrected chi connectivity index (χ2v) is 7.27. The molecule has 31 heavy (non-hydrogen) atoms. The van der Waals surface area contributed by atoms with Gasteiger partial charge in [0.1, 0.15) is 5.82 Å². The normalized spacial score (nSPS) is 10.5. The average Bonchev–Trinajstić information content (AvgIpc) is 3.17. The molecule has 154 valence electrons. The van der Waals surface area contributed by atoms with Gasteiger partial charge in [0.15, 0.2) is 5.82 Å². The molecule has 0 aliphatic heterocycles. The first-order chi connectivity index (χ1) is 15.3. The SMILES string of the molecule is CCC#Cc1nc(-c2ccc(F)cc2)c(-c2ccncc2)n1CCCc1ccccc1. The van der Waals surface area contributed by atoms with Crippen LogP contribution in [0.15, 0.2) is 79.1 Å². The molecule has 0 saturated carbocycles. The maximum absolute atomic E-state index is 13.5. The minimum Gasteiger partial charge on any atom is -0.317 e.